The number of esters is 1. The fourth-order valence-corrected chi connectivity index (χ4v) is 2.13. The Bertz CT molecular complexity index is 770. The molecule has 2 aromatic rings. The highest BCUT2D eigenvalue weighted by molar-refractivity contribution is 5.87. The number of hydrogen-bond acceptors (Lipinski definition) is 6. The molecule has 0 aliphatic rings. The second kappa shape index (κ2) is 9.36. The van der Waals surface area contributed by atoms with E-state index in [-0.39, 0.29) is 32.0 Å². The molecule has 138 valence electrons. The lowest BCUT2D eigenvalue weighted by Crippen LogP contribution is -2.39. The normalized spacial score (nSPS) is 10.2. The van der Waals surface area contributed by atoms with E-state index in [4.69, 9.17) is 4.42 Å². The van der Waals surface area contributed by atoms with Crippen molar-refractivity contribution in [2.75, 3.05) is 19.7 Å². The third-order valence-corrected chi connectivity index (χ3v) is 3.42. The van der Waals surface area contributed by atoms with Crippen LogP contribution in [-0.2, 0) is 25.5 Å². The van der Waals surface area contributed by atoms with Crippen LogP contribution in [0.25, 0.3) is 11.5 Å². The van der Waals surface area contributed by atoms with Crippen molar-refractivity contribution in [3.63, 3.8) is 0 Å². The van der Waals surface area contributed by atoms with Gasteiger partial charge in [0.1, 0.15) is 12.3 Å². The number of amides is 2. The molecule has 1 aromatic carbocycles. The van der Waals surface area contributed by atoms with Crippen LogP contribution >= 0.6 is 0 Å². The Kier molecular flexibility index (Phi) is 6.90. The Morgan fingerprint density at radius 2 is 1.77 bits per heavy atom. The minimum absolute atomic E-state index is 0.00662. The monoisotopic (exact) mass is 359 g/mol. The molecular weight excluding hydrogens is 338 g/mol. The summed E-state index contributed by atoms with van der Waals surface area (Å²) in [7, 11) is 0. The molecule has 1 aromatic heterocycles. The predicted octanol–water partition coefficient (Wildman–Crippen LogP) is 0.988. The van der Waals surface area contributed by atoms with Gasteiger partial charge in [0.25, 0.3) is 0 Å². The van der Waals surface area contributed by atoms with Crippen molar-refractivity contribution in [1.29, 1.82) is 0 Å². The van der Waals surface area contributed by atoms with Gasteiger partial charge in [0.05, 0.1) is 25.3 Å². The van der Waals surface area contributed by atoms with Crippen LogP contribution in [0.1, 0.15) is 18.4 Å². The standard InChI is InChI=1S/C18H21N3O5/c1-3-25-17(24)11-20-16(23)10-19-15(22)9-14-12(2)26-18(21-14)13-7-5-4-6-8-13/h4-8H,3,9-11H2,1-2H3,(H,19,22)(H,20,23). The van der Waals surface area contributed by atoms with Gasteiger partial charge in [-0.1, -0.05) is 18.2 Å². The minimum Gasteiger partial charge on any atom is -0.465 e. The molecule has 26 heavy (non-hydrogen) atoms. The zero-order valence-corrected chi connectivity index (χ0v) is 14.7. The Morgan fingerprint density at radius 1 is 1.08 bits per heavy atom. The maximum Gasteiger partial charge on any atom is 0.325 e. The molecule has 0 atom stereocenters. The molecule has 0 aliphatic carbocycles. The summed E-state index contributed by atoms with van der Waals surface area (Å²) in [5.41, 5.74) is 1.33. The lowest BCUT2D eigenvalue weighted by atomic mass is 10.2. The first kappa shape index (κ1) is 19.2. The van der Waals surface area contributed by atoms with Crippen LogP contribution in [0.15, 0.2) is 34.7 Å². The van der Waals surface area contributed by atoms with E-state index >= 15 is 0 Å². The van der Waals surface area contributed by atoms with Crippen LogP contribution in [0.5, 0.6) is 0 Å². The molecule has 0 spiro atoms. The Morgan fingerprint density at radius 3 is 2.46 bits per heavy atom. The molecule has 2 amide bonds. The van der Waals surface area contributed by atoms with Crippen LogP contribution in [0, 0.1) is 6.92 Å². The largest absolute Gasteiger partial charge is 0.465 e. The summed E-state index contributed by atoms with van der Waals surface area (Å²) in [4.78, 5) is 39.1. The molecule has 0 bridgehead atoms. The van der Waals surface area contributed by atoms with Crippen molar-refractivity contribution in [2.45, 2.75) is 20.3 Å². The highest BCUT2D eigenvalue weighted by Crippen LogP contribution is 2.21. The molecule has 0 saturated carbocycles. The number of rotatable bonds is 8. The lowest BCUT2D eigenvalue weighted by molar-refractivity contribution is -0.143. The summed E-state index contributed by atoms with van der Waals surface area (Å²) in [6.07, 6.45) is -0.00662. The number of benzene rings is 1. The molecule has 2 rings (SSSR count). The SMILES string of the molecule is CCOC(=O)CNC(=O)CNC(=O)Cc1nc(-c2ccccc2)oc1C. The zero-order chi connectivity index (χ0) is 18.9. The molecule has 1 heterocycles. The van der Waals surface area contributed by atoms with E-state index in [1.54, 1.807) is 13.8 Å². The molecule has 0 radical (unpaired) electrons. The highest BCUT2D eigenvalue weighted by Gasteiger charge is 2.15. The predicted molar refractivity (Wildman–Crippen MR) is 93.0 cm³/mol. The van der Waals surface area contributed by atoms with Crippen molar-refractivity contribution >= 4 is 17.8 Å². The van der Waals surface area contributed by atoms with E-state index in [1.807, 2.05) is 30.3 Å². The van der Waals surface area contributed by atoms with E-state index in [0.29, 0.717) is 17.3 Å². The van der Waals surface area contributed by atoms with Crippen molar-refractivity contribution in [1.82, 2.24) is 15.6 Å². The van der Waals surface area contributed by atoms with Gasteiger partial charge < -0.3 is 19.8 Å². The van der Waals surface area contributed by atoms with Gasteiger partial charge >= 0.3 is 5.97 Å². The molecule has 0 aliphatic heterocycles. The Balaban J connectivity index is 1.82. The second-order valence-corrected chi connectivity index (χ2v) is 5.42. The molecule has 2 N–H and O–H groups in total. The average Bonchev–Trinajstić information content (AvgIpc) is 3.00. The summed E-state index contributed by atoms with van der Waals surface area (Å²) in [5.74, 6) is -0.386. The lowest BCUT2D eigenvalue weighted by Gasteiger charge is -2.06. The zero-order valence-electron chi connectivity index (χ0n) is 14.7. The van der Waals surface area contributed by atoms with Gasteiger partial charge in [-0.3, -0.25) is 14.4 Å². The first-order chi connectivity index (χ1) is 12.5. The van der Waals surface area contributed by atoms with E-state index in [0.717, 1.165) is 5.56 Å². The molecular formula is C18H21N3O5. The van der Waals surface area contributed by atoms with Crippen LogP contribution in [0.4, 0.5) is 0 Å². The van der Waals surface area contributed by atoms with Gasteiger partial charge in [-0.2, -0.15) is 0 Å². The fraction of sp³-hybridized carbons (Fsp3) is 0.333. The number of nitrogens with zero attached hydrogens (tertiary/aromatic N) is 1. The Hall–Kier alpha value is -3.16. The Labute approximate surface area is 150 Å². The topological polar surface area (TPSA) is 111 Å². The highest BCUT2D eigenvalue weighted by atomic mass is 16.5. The van der Waals surface area contributed by atoms with Crippen LogP contribution < -0.4 is 10.6 Å². The first-order valence-corrected chi connectivity index (χ1v) is 8.20. The number of carbonyl (C=O) groups excluding carboxylic acids is 3. The molecule has 0 fully saturated rings. The maximum atomic E-state index is 12.0. The van der Waals surface area contributed by atoms with Crippen molar-refractivity contribution in [3.05, 3.63) is 41.8 Å². The number of ether oxygens (including phenoxy) is 1. The number of aryl methyl sites for hydroxylation is 1. The number of nitrogens with one attached hydrogen (secondary N) is 2. The second-order valence-electron chi connectivity index (χ2n) is 5.42. The van der Waals surface area contributed by atoms with Gasteiger partial charge in [-0.25, -0.2) is 4.98 Å². The molecule has 8 heteroatoms. The van der Waals surface area contributed by atoms with E-state index in [9.17, 15) is 14.4 Å². The third kappa shape index (κ3) is 5.73. The van der Waals surface area contributed by atoms with Gasteiger partial charge in [-0.05, 0) is 26.0 Å². The number of hydrogen-bond donors (Lipinski definition) is 2. The third-order valence-electron chi connectivity index (χ3n) is 3.42. The molecule has 0 saturated heterocycles. The molecule has 0 unspecified atom stereocenters. The summed E-state index contributed by atoms with van der Waals surface area (Å²) >= 11 is 0. The van der Waals surface area contributed by atoms with Gasteiger partial charge in [0.2, 0.25) is 17.7 Å². The van der Waals surface area contributed by atoms with Gasteiger partial charge in [0.15, 0.2) is 0 Å². The first-order valence-electron chi connectivity index (χ1n) is 8.20. The van der Waals surface area contributed by atoms with Crippen molar-refractivity contribution in [2.24, 2.45) is 0 Å². The number of oxazole rings is 1. The molecule has 8 nitrogen and oxygen atoms in total. The quantitative estimate of drug-likeness (QED) is 0.680. The van der Waals surface area contributed by atoms with Crippen LogP contribution in [0.2, 0.25) is 0 Å². The van der Waals surface area contributed by atoms with Crippen LogP contribution in [-0.4, -0.2) is 42.5 Å². The summed E-state index contributed by atoms with van der Waals surface area (Å²) in [6, 6.07) is 9.36. The summed E-state index contributed by atoms with van der Waals surface area (Å²) in [6.45, 7) is 3.18. The van der Waals surface area contributed by atoms with Crippen LogP contribution in [0.3, 0.4) is 0 Å². The van der Waals surface area contributed by atoms with Gasteiger partial charge in [0, 0.05) is 5.56 Å². The minimum atomic E-state index is -0.529. The van der Waals surface area contributed by atoms with E-state index in [1.165, 1.54) is 0 Å². The van der Waals surface area contributed by atoms with Crippen molar-refractivity contribution in [3.8, 4) is 11.5 Å². The average molecular weight is 359 g/mol. The van der Waals surface area contributed by atoms with E-state index < -0.39 is 11.9 Å². The number of carbonyl (C=O) groups is 3. The van der Waals surface area contributed by atoms with E-state index in [2.05, 4.69) is 20.4 Å². The number of aromatic nitrogens is 1. The smallest absolute Gasteiger partial charge is 0.325 e. The maximum absolute atomic E-state index is 12.0. The van der Waals surface area contributed by atoms with Crippen molar-refractivity contribution < 1.29 is 23.5 Å². The van der Waals surface area contributed by atoms with Gasteiger partial charge in [-0.15, -0.1) is 0 Å². The fourth-order valence-electron chi connectivity index (χ4n) is 2.13. The summed E-state index contributed by atoms with van der Waals surface area (Å²) < 4.78 is 10.3. The summed E-state index contributed by atoms with van der Waals surface area (Å²) in [5, 5.41) is 4.84.